The van der Waals surface area contributed by atoms with Gasteiger partial charge in [0.1, 0.15) is 6.79 Å². The Balaban J connectivity index is 0.000000461. The van der Waals surface area contributed by atoms with E-state index >= 15 is 0 Å². The normalized spacial score (nSPS) is 8.27. The fraction of sp³-hybridized carbons (Fsp3) is 0.125. The summed E-state index contributed by atoms with van der Waals surface area (Å²) >= 11 is 4.69. The molecule has 0 aliphatic heterocycles. The first kappa shape index (κ1) is 11.4. The molecule has 60 valence electrons. The van der Waals surface area contributed by atoms with Gasteiger partial charge in [-0.15, -0.1) is 0 Å². The van der Waals surface area contributed by atoms with Gasteiger partial charge in [0.05, 0.1) is 0 Å². The molecule has 0 saturated carbocycles. The third-order valence-electron chi connectivity index (χ3n) is 1.20. The van der Waals surface area contributed by atoms with E-state index in [2.05, 4.69) is 70.3 Å². The summed E-state index contributed by atoms with van der Waals surface area (Å²) < 4.78 is 2.69. The van der Waals surface area contributed by atoms with Crippen molar-refractivity contribution in [3.05, 3.63) is 30.9 Å². The minimum atomic E-state index is 1.35. The van der Waals surface area contributed by atoms with E-state index in [1.54, 1.807) is 0 Å². The number of carbonyl (C=O) groups excluding carboxylic acids is 1. The van der Waals surface area contributed by atoms with Crippen LogP contribution in [-0.4, -0.2) is 6.79 Å². The third-order valence-corrected chi connectivity index (χ3v) is 3.54. The second-order valence-electron chi connectivity index (χ2n) is 1.85. The van der Waals surface area contributed by atoms with Crippen LogP contribution in [0.2, 0.25) is 0 Å². The summed E-state index contributed by atoms with van der Waals surface area (Å²) in [7, 11) is 0. The Hall–Kier alpha value is 0.350. The van der Waals surface area contributed by atoms with Crippen molar-refractivity contribution in [2.75, 3.05) is 0 Å². The molecule has 11 heavy (non-hydrogen) atoms. The van der Waals surface area contributed by atoms with Gasteiger partial charge in [-0.05, 0) is 69.8 Å². The molecular formula is C8H8I2O. The number of halogens is 2. The van der Waals surface area contributed by atoms with Crippen LogP contribution in [0.25, 0.3) is 0 Å². The first-order chi connectivity index (χ1) is 5.22. The quantitative estimate of drug-likeness (QED) is 0.639. The van der Waals surface area contributed by atoms with E-state index in [0.29, 0.717) is 0 Å². The third kappa shape index (κ3) is 3.50. The molecule has 0 spiro atoms. The van der Waals surface area contributed by atoms with Crippen LogP contribution in [0.3, 0.4) is 0 Å². The lowest BCUT2D eigenvalue weighted by Gasteiger charge is -1.97. The summed E-state index contributed by atoms with van der Waals surface area (Å²) in [4.78, 5) is 8.00. The Morgan fingerprint density at radius 1 is 1.18 bits per heavy atom. The van der Waals surface area contributed by atoms with Gasteiger partial charge in [-0.3, -0.25) is 0 Å². The van der Waals surface area contributed by atoms with Crippen molar-refractivity contribution in [2.45, 2.75) is 6.92 Å². The molecular weight excluding hydrogens is 366 g/mol. The minimum Gasteiger partial charge on any atom is -0.307 e. The molecule has 1 aromatic carbocycles. The van der Waals surface area contributed by atoms with Gasteiger partial charge in [0.15, 0.2) is 0 Å². The SMILES string of the molecule is C=O.Cc1c(I)cccc1I. The first-order valence-electron chi connectivity index (χ1n) is 2.91. The second kappa shape index (κ2) is 5.93. The zero-order valence-electron chi connectivity index (χ0n) is 6.10. The molecule has 0 radical (unpaired) electrons. The lowest BCUT2D eigenvalue weighted by Crippen LogP contribution is -1.82. The molecule has 1 rings (SSSR count). The molecule has 0 amide bonds. The fourth-order valence-corrected chi connectivity index (χ4v) is 2.09. The standard InChI is InChI=1S/C7H6I2.CH2O/c1-5-6(8)3-2-4-7(5)9;1-2/h2-4H,1H3;1H2. The van der Waals surface area contributed by atoms with E-state index < -0.39 is 0 Å². The maximum Gasteiger partial charge on any atom is 0.106 e. The van der Waals surface area contributed by atoms with Gasteiger partial charge in [-0.2, -0.15) is 0 Å². The Kier molecular flexibility index (Phi) is 6.12. The van der Waals surface area contributed by atoms with E-state index in [1.807, 2.05) is 6.79 Å². The van der Waals surface area contributed by atoms with Crippen molar-refractivity contribution in [3.63, 3.8) is 0 Å². The predicted molar refractivity (Wildman–Crippen MR) is 63.7 cm³/mol. The maximum absolute atomic E-state index is 8.00. The van der Waals surface area contributed by atoms with Gasteiger partial charge < -0.3 is 4.79 Å². The lowest BCUT2D eigenvalue weighted by atomic mass is 10.2. The van der Waals surface area contributed by atoms with Gasteiger partial charge in [0.25, 0.3) is 0 Å². The van der Waals surface area contributed by atoms with Crippen LogP contribution in [0.15, 0.2) is 18.2 Å². The van der Waals surface area contributed by atoms with Crippen LogP contribution in [0.4, 0.5) is 0 Å². The highest BCUT2D eigenvalue weighted by Gasteiger charge is 1.94. The van der Waals surface area contributed by atoms with Crippen LogP contribution in [-0.2, 0) is 4.79 Å². The number of hydrogen-bond donors (Lipinski definition) is 0. The topological polar surface area (TPSA) is 17.1 Å². The number of rotatable bonds is 0. The van der Waals surface area contributed by atoms with E-state index in [1.165, 1.54) is 12.7 Å². The fourth-order valence-electron chi connectivity index (χ4n) is 0.581. The van der Waals surface area contributed by atoms with Crippen LogP contribution in [0.5, 0.6) is 0 Å². The van der Waals surface area contributed by atoms with Crippen molar-refractivity contribution < 1.29 is 4.79 Å². The van der Waals surface area contributed by atoms with Gasteiger partial charge in [-0.25, -0.2) is 0 Å². The minimum absolute atomic E-state index is 1.35. The molecule has 0 aliphatic carbocycles. The van der Waals surface area contributed by atoms with Gasteiger partial charge in [-0.1, -0.05) is 6.07 Å². The van der Waals surface area contributed by atoms with Crippen LogP contribution >= 0.6 is 45.2 Å². The summed E-state index contributed by atoms with van der Waals surface area (Å²) in [6.45, 7) is 4.14. The summed E-state index contributed by atoms with van der Waals surface area (Å²) in [6.07, 6.45) is 0. The van der Waals surface area contributed by atoms with Crippen LogP contribution in [0, 0.1) is 14.1 Å². The van der Waals surface area contributed by atoms with Crippen LogP contribution in [0.1, 0.15) is 5.56 Å². The molecule has 0 atom stereocenters. The highest BCUT2D eigenvalue weighted by Crippen LogP contribution is 2.16. The van der Waals surface area contributed by atoms with Gasteiger partial charge >= 0.3 is 0 Å². The second-order valence-corrected chi connectivity index (χ2v) is 4.17. The molecule has 0 bridgehead atoms. The number of hydrogen-bond acceptors (Lipinski definition) is 1. The summed E-state index contributed by atoms with van der Waals surface area (Å²) in [5.41, 5.74) is 1.39. The van der Waals surface area contributed by atoms with Crippen molar-refractivity contribution in [1.29, 1.82) is 0 Å². The summed E-state index contributed by atoms with van der Waals surface area (Å²) in [6, 6.07) is 6.33. The Labute approximate surface area is 93.9 Å². The smallest absolute Gasteiger partial charge is 0.106 e. The van der Waals surface area contributed by atoms with Crippen molar-refractivity contribution >= 4 is 52.0 Å². The van der Waals surface area contributed by atoms with Crippen molar-refractivity contribution in [2.24, 2.45) is 0 Å². The summed E-state index contributed by atoms with van der Waals surface area (Å²) in [5, 5.41) is 0. The maximum atomic E-state index is 8.00. The highest BCUT2D eigenvalue weighted by molar-refractivity contribution is 14.1. The zero-order chi connectivity index (χ0) is 8.85. The zero-order valence-corrected chi connectivity index (χ0v) is 10.4. The number of carbonyl (C=O) groups is 1. The first-order valence-corrected chi connectivity index (χ1v) is 5.07. The van der Waals surface area contributed by atoms with Crippen molar-refractivity contribution in [3.8, 4) is 0 Å². The summed E-state index contributed by atoms with van der Waals surface area (Å²) in [5.74, 6) is 0. The average molecular weight is 374 g/mol. The van der Waals surface area contributed by atoms with Crippen molar-refractivity contribution in [1.82, 2.24) is 0 Å². The van der Waals surface area contributed by atoms with Crippen LogP contribution < -0.4 is 0 Å². The molecule has 0 aliphatic rings. The molecule has 1 nitrogen and oxygen atoms in total. The lowest BCUT2D eigenvalue weighted by molar-refractivity contribution is -0.0979. The molecule has 0 aromatic heterocycles. The van der Waals surface area contributed by atoms with E-state index in [4.69, 9.17) is 4.79 Å². The van der Waals surface area contributed by atoms with E-state index in [0.717, 1.165) is 0 Å². The molecule has 0 saturated heterocycles. The highest BCUT2D eigenvalue weighted by atomic mass is 127. The Bertz CT molecular complexity index is 215. The number of benzene rings is 1. The molecule has 3 heteroatoms. The van der Waals surface area contributed by atoms with E-state index in [9.17, 15) is 0 Å². The average Bonchev–Trinajstić information content (AvgIpc) is 2.04. The van der Waals surface area contributed by atoms with Gasteiger partial charge in [0.2, 0.25) is 0 Å². The molecule has 0 heterocycles. The molecule has 0 fully saturated rings. The Morgan fingerprint density at radius 2 is 1.55 bits per heavy atom. The molecule has 0 unspecified atom stereocenters. The Morgan fingerprint density at radius 3 is 1.82 bits per heavy atom. The van der Waals surface area contributed by atoms with E-state index in [-0.39, 0.29) is 0 Å². The monoisotopic (exact) mass is 374 g/mol. The molecule has 0 N–H and O–H groups in total. The largest absolute Gasteiger partial charge is 0.307 e. The predicted octanol–water partition coefficient (Wildman–Crippen LogP) is 3.02. The molecule has 1 aromatic rings. The van der Waals surface area contributed by atoms with Gasteiger partial charge in [0, 0.05) is 7.14 Å².